The number of rotatable bonds is 4. The van der Waals surface area contributed by atoms with Gasteiger partial charge in [0.1, 0.15) is 11.0 Å². The Morgan fingerprint density at radius 1 is 1.62 bits per heavy atom. The molecule has 1 unspecified atom stereocenters. The Morgan fingerprint density at radius 2 is 2.33 bits per heavy atom. The summed E-state index contributed by atoms with van der Waals surface area (Å²) in [6.45, 7) is 0. The molecule has 21 heavy (non-hydrogen) atoms. The van der Waals surface area contributed by atoms with Crippen molar-refractivity contribution in [2.45, 2.75) is 24.3 Å². The zero-order chi connectivity index (χ0) is 25.4. The SMILES string of the molecule is [2H]C1=C(C(=O)O)C([2H])(S(=O)(=O)Nc2c([2H])c([2H])c(F)c([2H])c2Cl)C([2H])([2H])C([2H])([2H])C1([2H])[2H]. The maximum absolute atomic E-state index is 13.8. The molecule has 0 aliphatic heterocycles. The number of anilines is 1. The van der Waals surface area contributed by atoms with Gasteiger partial charge in [-0.2, -0.15) is 0 Å². The fourth-order valence-corrected chi connectivity index (χ4v) is 2.62. The van der Waals surface area contributed by atoms with E-state index in [9.17, 15) is 22.7 Å². The van der Waals surface area contributed by atoms with E-state index in [2.05, 4.69) is 0 Å². The maximum atomic E-state index is 13.8. The molecule has 1 atom stereocenters. The molecule has 0 amide bonds. The maximum Gasteiger partial charge on any atom is 0.332 e. The minimum absolute atomic E-state index is 1.10. The normalized spacial score (nSPS) is 37.7. The molecular formula is C13H13ClFNO4S. The van der Waals surface area contributed by atoms with Crippen molar-refractivity contribution < 1.29 is 37.8 Å². The van der Waals surface area contributed by atoms with E-state index in [1.807, 2.05) is 0 Å². The number of sulfonamides is 1. The number of hydrogen-bond donors (Lipinski definition) is 2. The second-order valence-electron chi connectivity index (χ2n) is 3.49. The van der Waals surface area contributed by atoms with Crippen LogP contribution >= 0.6 is 11.6 Å². The number of nitrogens with one attached hydrogen (secondary N) is 1. The van der Waals surface area contributed by atoms with Crippen LogP contribution in [0.2, 0.25) is 5.02 Å². The highest BCUT2D eigenvalue weighted by atomic mass is 35.5. The highest BCUT2D eigenvalue weighted by molar-refractivity contribution is 7.93. The number of halogens is 2. The average molecular weight is 345 g/mol. The van der Waals surface area contributed by atoms with E-state index in [1.165, 1.54) is 4.72 Å². The van der Waals surface area contributed by atoms with Gasteiger partial charge in [-0.1, -0.05) is 17.7 Å². The van der Waals surface area contributed by atoms with Gasteiger partial charge in [-0.15, -0.1) is 0 Å². The van der Waals surface area contributed by atoms with E-state index in [1.54, 1.807) is 0 Å². The molecule has 5 nitrogen and oxygen atoms in total. The molecule has 1 aliphatic rings. The van der Waals surface area contributed by atoms with Crippen molar-refractivity contribution in [1.29, 1.82) is 0 Å². The summed E-state index contributed by atoms with van der Waals surface area (Å²) in [5.74, 6) is -4.03. The summed E-state index contributed by atoms with van der Waals surface area (Å²) in [5.41, 5.74) is -3.16. The largest absolute Gasteiger partial charge is 0.478 e. The van der Waals surface area contributed by atoms with Crippen LogP contribution in [0.1, 0.15) is 34.2 Å². The predicted octanol–water partition coefficient (Wildman–Crippen LogP) is 2.78. The van der Waals surface area contributed by atoms with Crippen molar-refractivity contribution in [3.63, 3.8) is 0 Å². The van der Waals surface area contributed by atoms with Gasteiger partial charge in [0.25, 0.3) is 0 Å². The molecule has 0 spiro atoms. The number of benzene rings is 1. The average Bonchev–Trinajstić information content (AvgIpc) is 2.66. The molecule has 0 saturated carbocycles. The van der Waals surface area contributed by atoms with Gasteiger partial charge in [-0.05, 0) is 37.2 Å². The van der Waals surface area contributed by atoms with Crippen LogP contribution in [0.3, 0.4) is 0 Å². The van der Waals surface area contributed by atoms with E-state index < -0.39 is 86.6 Å². The second kappa shape index (κ2) is 6.03. The zero-order valence-corrected chi connectivity index (χ0v) is 11.4. The number of aliphatic carboxylic acids is 1. The van der Waals surface area contributed by atoms with Crippen LogP contribution in [0.5, 0.6) is 0 Å². The number of carboxylic acids is 1. The van der Waals surface area contributed by atoms with Gasteiger partial charge in [0.05, 0.1) is 23.1 Å². The Bertz CT molecular complexity index is 1140. The molecule has 0 bridgehead atoms. The predicted molar refractivity (Wildman–Crippen MR) is 77.3 cm³/mol. The molecule has 2 rings (SSSR count). The van der Waals surface area contributed by atoms with Crippen molar-refractivity contribution in [2.75, 3.05) is 4.72 Å². The lowest BCUT2D eigenvalue weighted by atomic mass is 9.99. The van der Waals surface area contributed by atoms with Crippen LogP contribution in [-0.4, -0.2) is 24.7 Å². The summed E-state index contributed by atoms with van der Waals surface area (Å²) in [5, 5.41) is 4.08. The highest BCUT2D eigenvalue weighted by Crippen LogP contribution is 2.29. The van der Waals surface area contributed by atoms with Gasteiger partial charge in [-0.3, -0.25) is 4.72 Å². The summed E-state index contributed by atoms with van der Waals surface area (Å²) >= 11 is 5.65. The molecule has 0 heterocycles. The van der Waals surface area contributed by atoms with Gasteiger partial charge >= 0.3 is 5.97 Å². The molecule has 1 aromatic rings. The second-order valence-corrected chi connectivity index (χ2v) is 5.49. The monoisotopic (exact) mass is 344 g/mol. The molecule has 0 fully saturated rings. The summed E-state index contributed by atoms with van der Waals surface area (Å²) < 4.78 is 127. The van der Waals surface area contributed by atoms with E-state index in [4.69, 9.17) is 26.7 Å². The van der Waals surface area contributed by atoms with Crippen molar-refractivity contribution in [3.8, 4) is 0 Å². The van der Waals surface area contributed by atoms with E-state index in [-0.39, 0.29) is 0 Å². The first-order chi connectivity index (χ1) is 14.1. The lowest BCUT2D eigenvalue weighted by Gasteiger charge is -2.22. The molecule has 0 aromatic heterocycles. The highest BCUT2D eigenvalue weighted by Gasteiger charge is 2.34. The van der Waals surface area contributed by atoms with Gasteiger partial charge < -0.3 is 5.11 Å². The van der Waals surface area contributed by atoms with Crippen LogP contribution in [0, 0.1) is 5.82 Å². The molecule has 1 aromatic carbocycles. The Kier molecular flexibility index (Phi) is 1.91. The lowest BCUT2D eigenvalue weighted by molar-refractivity contribution is -0.132. The first-order valence-corrected chi connectivity index (χ1v) is 6.91. The molecule has 114 valence electrons. The molecule has 0 saturated heterocycles. The first-order valence-electron chi connectivity index (χ1n) is 10.5. The summed E-state index contributed by atoms with van der Waals surface area (Å²) in [7, 11) is -5.90. The van der Waals surface area contributed by atoms with Gasteiger partial charge in [-0.25, -0.2) is 17.6 Å². The van der Waals surface area contributed by atoms with Crippen LogP contribution in [-0.2, 0) is 14.8 Å². The molecular weight excluding hydrogens is 321 g/mol. The number of allylic oxidation sites excluding steroid dienone is 1. The minimum atomic E-state index is -5.90. The molecule has 0 radical (unpaired) electrons. The van der Waals surface area contributed by atoms with E-state index >= 15 is 0 Å². The van der Waals surface area contributed by atoms with Crippen molar-refractivity contribution in [1.82, 2.24) is 0 Å². The van der Waals surface area contributed by atoms with E-state index in [0.717, 1.165) is 0 Å². The fraction of sp³-hybridized carbons (Fsp3) is 0.308. The standard InChI is InChI=1S/C13H13ClFNO4S/c14-10-7-8(15)5-6-11(10)16-21(19,20)12-4-2-1-3-9(12)13(17)18/h3,5-7,12,16H,1-2,4H2,(H,17,18)/i1D2,2D2,3D,4D2,5D,6D,7D,12D. The van der Waals surface area contributed by atoms with Gasteiger partial charge in [0.2, 0.25) is 10.0 Å². The van der Waals surface area contributed by atoms with Crippen LogP contribution in [0.15, 0.2) is 29.8 Å². The Morgan fingerprint density at radius 3 is 3.00 bits per heavy atom. The smallest absolute Gasteiger partial charge is 0.332 e. The Labute approximate surface area is 141 Å². The van der Waals surface area contributed by atoms with E-state index in [0.29, 0.717) is 0 Å². The Hall–Kier alpha value is -1.60. The minimum Gasteiger partial charge on any atom is -0.478 e. The third kappa shape index (κ3) is 3.54. The number of carbonyl (C=O) groups is 1. The van der Waals surface area contributed by atoms with Crippen LogP contribution < -0.4 is 4.72 Å². The van der Waals surface area contributed by atoms with Crippen molar-refractivity contribution >= 4 is 33.3 Å². The van der Waals surface area contributed by atoms with Crippen LogP contribution in [0.25, 0.3) is 0 Å². The van der Waals surface area contributed by atoms with Crippen molar-refractivity contribution in [2.24, 2.45) is 0 Å². The summed E-state index contributed by atoms with van der Waals surface area (Å²) in [4.78, 5) is 11.7. The van der Waals surface area contributed by atoms with Crippen LogP contribution in [0.4, 0.5) is 10.1 Å². The topological polar surface area (TPSA) is 83.5 Å². The Balaban J connectivity index is 2.96. The third-order valence-corrected chi connectivity index (χ3v) is 3.71. The zero-order valence-electron chi connectivity index (χ0n) is 20.8. The lowest BCUT2D eigenvalue weighted by Crippen LogP contribution is -2.34. The molecule has 2 N–H and O–H groups in total. The van der Waals surface area contributed by atoms with Gasteiger partial charge in [0, 0.05) is 8.22 Å². The molecule has 8 heteroatoms. The van der Waals surface area contributed by atoms with Crippen molar-refractivity contribution in [3.05, 3.63) is 40.6 Å². The summed E-state index contributed by atoms with van der Waals surface area (Å²) in [6, 6.07) is -5.66. The third-order valence-electron chi connectivity index (χ3n) is 2.11. The summed E-state index contributed by atoms with van der Waals surface area (Å²) in [6.07, 6.45) is -11.8. The quantitative estimate of drug-likeness (QED) is 0.879. The fourth-order valence-electron chi connectivity index (χ4n) is 1.27. The molecule has 1 aliphatic carbocycles. The van der Waals surface area contributed by atoms with Gasteiger partial charge in [0.15, 0.2) is 0 Å². The number of hydrogen-bond acceptors (Lipinski definition) is 3. The first kappa shape index (κ1) is 6.66. The number of carboxylic acid groups (broad SMARTS) is 1.